The summed E-state index contributed by atoms with van der Waals surface area (Å²) in [5, 5.41) is 6.61. The fourth-order valence-corrected chi connectivity index (χ4v) is 1.55. The summed E-state index contributed by atoms with van der Waals surface area (Å²) in [6.07, 6.45) is 2.07. The van der Waals surface area contributed by atoms with Crippen LogP contribution in [0.1, 0.15) is 13.8 Å². The third-order valence-electron chi connectivity index (χ3n) is 2.55. The average Bonchev–Trinajstić information content (AvgIpc) is 2.36. The molecule has 0 fully saturated rings. The lowest BCUT2D eigenvalue weighted by Crippen LogP contribution is -2.40. The highest BCUT2D eigenvalue weighted by Crippen LogP contribution is 2.06. The lowest BCUT2D eigenvalue weighted by atomic mass is 10.2. The minimum absolute atomic E-state index is 0.00417. The SMILES string of the molecule is CSC(C)CNC(C)C(=O)Nc1ccccc1. The first kappa shape index (κ1) is 14.1. The van der Waals surface area contributed by atoms with Crippen LogP contribution in [0.2, 0.25) is 0 Å². The number of hydrogen-bond donors (Lipinski definition) is 2. The Kier molecular flexibility index (Phi) is 6.08. The van der Waals surface area contributed by atoms with Crippen molar-refractivity contribution >= 4 is 23.4 Å². The molecule has 2 unspecified atom stereocenters. The number of anilines is 1. The Hall–Kier alpha value is -1.00. The molecule has 0 bridgehead atoms. The number of benzene rings is 1. The Bertz CT molecular complexity index is 343. The highest BCUT2D eigenvalue weighted by Gasteiger charge is 2.12. The molecule has 94 valence electrons. The van der Waals surface area contributed by atoms with Gasteiger partial charge in [-0.1, -0.05) is 25.1 Å². The summed E-state index contributed by atoms with van der Waals surface area (Å²) in [4.78, 5) is 11.8. The molecule has 4 heteroatoms. The summed E-state index contributed by atoms with van der Waals surface area (Å²) in [7, 11) is 0. The van der Waals surface area contributed by atoms with E-state index in [2.05, 4.69) is 23.8 Å². The van der Waals surface area contributed by atoms with Gasteiger partial charge in [-0.25, -0.2) is 0 Å². The minimum Gasteiger partial charge on any atom is -0.325 e. The van der Waals surface area contributed by atoms with Crippen LogP contribution in [0.15, 0.2) is 30.3 Å². The second-order valence-corrected chi connectivity index (χ2v) is 5.31. The molecular formula is C13H20N2OS. The van der Waals surface area contributed by atoms with E-state index in [-0.39, 0.29) is 11.9 Å². The van der Waals surface area contributed by atoms with Gasteiger partial charge in [0.25, 0.3) is 0 Å². The third-order valence-corrected chi connectivity index (χ3v) is 3.52. The average molecular weight is 252 g/mol. The quantitative estimate of drug-likeness (QED) is 0.816. The van der Waals surface area contributed by atoms with Gasteiger partial charge in [-0.2, -0.15) is 11.8 Å². The molecule has 0 aromatic heterocycles. The van der Waals surface area contributed by atoms with E-state index in [1.54, 1.807) is 11.8 Å². The zero-order valence-corrected chi connectivity index (χ0v) is 11.4. The molecule has 0 saturated heterocycles. The van der Waals surface area contributed by atoms with Crippen molar-refractivity contribution < 1.29 is 4.79 Å². The summed E-state index contributed by atoms with van der Waals surface area (Å²) in [6.45, 7) is 4.86. The molecule has 1 aromatic rings. The molecule has 0 aliphatic rings. The van der Waals surface area contributed by atoms with E-state index in [4.69, 9.17) is 0 Å². The largest absolute Gasteiger partial charge is 0.325 e. The summed E-state index contributed by atoms with van der Waals surface area (Å²) >= 11 is 1.79. The fourth-order valence-electron chi connectivity index (χ4n) is 1.29. The van der Waals surface area contributed by atoms with Crippen LogP contribution in [-0.2, 0) is 4.79 Å². The van der Waals surface area contributed by atoms with Crippen molar-refractivity contribution in [3.8, 4) is 0 Å². The highest BCUT2D eigenvalue weighted by atomic mass is 32.2. The van der Waals surface area contributed by atoms with Crippen molar-refractivity contribution in [2.45, 2.75) is 25.1 Å². The predicted molar refractivity (Wildman–Crippen MR) is 75.5 cm³/mol. The van der Waals surface area contributed by atoms with E-state index in [0.717, 1.165) is 12.2 Å². The molecule has 3 nitrogen and oxygen atoms in total. The normalized spacial score (nSPS) is 14.1. The summed E-state index contributed by atoms with van der Waals surface area (Å²) in [5.74, 6) is 0.00417. The van der Waals surface area contributed by atoms with E-state index in [1.807, 2.05) is 37.3 Å². The molecule has 0 aliphatic carbocycles. The molecule has 0 radical (unpaired) electrons. The van der Waals surface area contributed by atoms with Crippen molar-refractivity contribution in [1.82, 2.24) is 5.32 Å². The molecule has 1 aromatic carbocycles. The first-order valence-corrected chi connectivity index (χ1v) is 7.04. The summed E-state index contributed by atoms with van der Waals surface area (Å²) in [5.41, 5.74) is 0.837. The topological polar surface area (TPSA) is 41.1 Å². The predicted octanol–water partition coefficient (Wildman–Crippen LogP) is 2.35. The second-order valence-electron chi connectivity index (χ2n) is 4.03. The molecule has 1 amide bonds. The Morgan fingerprint density at radius 3 is 2.53 bits per heavy atom. The minimum atomic E-state index is -0.176. The van der Waals surface area contributed by atoms with Gasteiger partial charge in [0.05, 0.1) is 6.04 Å². The molecule has 0 spiro atoms. The maximum atomic E-state index is 11.8. The molecule has 17 heavy (non-hydrogen) atoms. The van der Waals surface area contributed by atoms with Crippen LogP contribution < -0.4 is 10.6 Å². The Labute approximate surface area is 107 Å². The van der Waals surface area contributed by atoms with Crippen molar-refractivity contribution in [1.29, 1.82) is 0 Å². The second kappa shape index (κ2) is 7.35. The van der Waals surface area contributed by atoms with Crippen LogP contribution in [-0.4, -0.2) is 30.0 Å². The third kappa shape index (κ3) is 5.24. The first-order valence-electron chi connectivity index (χ1n) is 5.75. The molecule has 0 aliphatic heterocycles. The van der Waals surface area contributed by atoms with Crippen LogP contribution in [0.25, 0.3) is 0 Å². The van der Waals surface area contributed by atoms with Crippen LogP contribution in [0.3, 0.4) is 0 Å². The Balaban J connectivity index is 2.37. The zero-order chi connectivity index (χ0) is 12.7. The van der Waals surface area contributed by atoms with Gasteiger partial charge in [-0.3, -0.25) is 4.79 Å². The fraction of sp³-hybridized carbons (Fsp3) is 0.462. The Morgan fingerprint density at radius 1 is 1.29 bits per heavy atom. The van der Waals surface area contributed by atoms with Crippen molar-refractivity contribution in [2.75, 3.05) is 18.1 Å². The maximum absolute atomic E-state index is 11.8. The van der Waals surface area contributed by atoms with Gasteiger partial charge in [0.2, 0.25) is 5.91 Å². The van der Waals surface area contributed by atoms with Crippen LogP contribution in [0.4, 0.5) is 5.69 Å². The lowest BCUT2D eigenvalue weighted by molar-refractivity contribution is -0.117. The van der Waals surface area contributed by atoms with E-state index in [9.17, 15) is 4.79 Å². The smallest absolute Gasteiger partial charge is 0.241 e. The Morgan fingerprint density at radius 2 is 1.94 bits per heavy atom. The van der Waals surface area contributed by atoms with E-state index in [1.165, 1.54) is 0 Å². The van der Waals surface area contributed by atoms with Crippen molar-refractivity contribution in [3.05, 3.63) is 30.3 Å². The van der Waals surface area contributed by atoms with E-state index < -0.39 is 0 Å². The number of nitrogens with one attached hydrogen (secondary N) is 2. The van der Waals surface area contributed by atoms with Crippen LogP contribution >= 0.6 is 11.8 Å². The van der Waals surface area contributed by atoms with Gasteiger partial charge in [-0.15, -0.1) is 0 Å². The van der Waals surface area contributed by atoms with Crippen molar-refractivity contribution in [3.63, 3.8) is 0 Å². The van der Waals surface area contributed by atoms with Gasteiger partial charge in [0.1, 0.15) is 0 Å². The summed E-state index contributed by atoms with van der Waals surface area (Å²) < 4.78 is 0. The highest BCUT2D eigenvalue weighted by molar-refractivity contribution is 7.99. The van der Waals surface area contributed by atoms with E-state index in [0.29, 0.717) is 5.25 Å². The van der Waals surface area contributed by atoms with Gasteiger partial charge < -0.3 is 10.6 Å². The number of amides is 1. The maximum Gasteiger partial charge on any atom is 0.241 e. The molecular weight excluding hydrogens is 232 g/mol. The van der Waals surface area contributed by atoms with Gasteiger partial charge in [0.15, 0.2) is 0 Å². The number of thioether (sulfide) groups is 1. The molecule has 1 rings (SSSR count). The standard InChI is InChI=1S/C13H20N2OS/c1-10(17-3)9-14-11(2)13(16)15-12-7-5-4-6-8-12/h4-8,10-11,14H,9H2,1-3H3,(H,15,16). The van der Waals surface area contributed by atoms with E-state index >= 15 is 0 Å². The first-order chi connectivity index (χ1) is 8.13. The lowest BCUT2D eigenvalue weighted by Gasteiger charge is -2.16. The van der Waals surface area contributed by atoms with Gasteiger partial charge in [-0.05, 0) is 25.3 Å². The molecule has 2 N–H and O–H groups in total. The molecule has 2 atom stereocenters. The number of rotatable bonds is 6. The number of carbonyl (C=O) groups is 1. The zero-order valence-electron chi connectivity index (χ0n) is 10.6. The molecule has 0 heterocycles. The monoisotopic (exact) mass is 252 g/mol. The summed E-state index contributed by atoms with van der Waals surface area (Å²) in [6, 6.07) is 9.33. The van der Waals surface area contributed by atoms with Crippen LogP contribution in [0, 0.1) is 0 Å². The number of carbonyl (C=O) groups excluding carboxylic acids is 1. The number of hydrogen-bond acceptors (Lipinski definition) is 3. The number of para-hydroxylation sites is 1. The molecule has 0 saturated carbocycles. The van der Waals surface area contributed by atoms with Crippen molar-refractivity contribution in [2.24, 2.45) is 0 Å². The van der Waals surface area contributed by atoms with Gasteiger partial charge >= 0.3 is 0 Å². The van der Waals surface area contributed by atoms with Gasteiger partial charge in [0, 0.05) is 17.5 Å². The van der Waals surface area contributed by atoms with Crippen LogP contribution in [0.5, 0.6) is 0 Å².